The average molecular weight is 608 g/mol. The maximum Gasteiger partial charge on any atom is 0.471 e. The molecule has 1 N–H and O–H groups in total. The van der Waals surface area contributed by atoms with Gasteiger partial charge in [0, 0.05) is 49.6 Å². The number of ketones is 1. The number of nitrogens with one attached hydrogen (secondary N) is 1. The van der Waals surface area contributed by atoms with Crippen LogP contribution < -0.4 is 5.32 Å². The first kappa shape index (κ1) is 30.1. The number of aryl methyl sites for hydroxylation is 2. The molecule has 0 spiro atoms. The quantitative estimate of drug-likeness (QED) is 0.304. The number of carbonyl (C=O) groups excluding carboxylic acids is 3. The zero-order valence-electron chi connectivity index (χ0n) is 23.1. The highest BCUT2D eigenvalue weighted by molar-refractivity contribution is 5.98. The average Bonchev–Trinajstić information content (AvgIpc) is 3.49. The third kappa shape index (κ3) is 5.82. The third-order valence-corrected chi connectivity index (χ3v) is 7.86. The van der Waals surface area contributed by atoms with Crippen molar-refractivity contribution in [3.63, 3.8) is 0 Å². The Morgan fingerprint density at radius 1 is 0.977 bits per heavy atom. The van der Waals surface area contributed by atoms with Gasteiger partial charge in [-0.1, -0.05) is 18.2 Å². The van der Waals surface area contributed by atoms with Crippen LogP contribution in [0.2, 0.25) is 0 Å². The second kappa shape index (κ2) is 11.0. The van der Waals surface area contributed by atoms with E-state index in [2.05, 4.69) is 4.57 Å². The summed E-state index contributed by atoms with van der Waals surface area (Å²) >= 11 is 0. The molecule has 2 aromatic heterocycles. The molecule has 1 aliphatic rings. The van der Waals surface area contributed by atoms with Crippen LogP contribution in [0.4, 0.5) is 26.3 Å². The van der Waals surface area contributed by atoms with E-state index in [4.69, 9.17) is 4.98 Å². The minimum Gasteiger partial charge on any atom is -0.343 e. The monoisotopic (exact) mass is 607 g/mol. The van der Waals surface area contributed by atoms with Crippen LogP contribution in [0.15, 0.2) is 48.5 Å². The summed E-state index contributed by atoms with van der Waals surface area (Å²) in [5.41, 5.74) is 3.28. The molecule has 0 aliphatic carbocycles. The number of aromatic nitrogens is 3. The molecular weight excluding hydrogens is 580 g/mol. The van der Waals surface area contributed by atoms with Crippen LogP contribution in [0.3, 0.4) is 0 Å². The molecule has 4 aromatic rings. The molecule has 0 radical (unpaired) electrons. The molecule has 0 saturated carbocycles. The molecule has 3 heterocycles. The summed E-state index contributed by atoms with van der Waals surface area (Å²) in [4.78, 5) is 42.6. The van der Waals surface area contributed by atoms with Gasteiger partial charge in [-0.2, -0.15) is 26.3 Å². The van der Waals surface area contributed by atoms with Crippen LogP contribution >= 0.6 is 0 Å². The van der Waals surface area contributed by atoms with E-state index in [1.54, 1.807) is 17.4 Å². The van der Waals surface area contributed by atoms with Crippen molar-refractivity contribution in [2.75, 3.05) is 13.1 Å². The number of carbonyl (C=O) groups is 3. The zero-order valence-corrected chi connectivity index (χ0v) is 23.1. The molecule has 43 heavy (non-hydrogen) atoms. The number of fused-ring (bicyclic) bond motifs is 2. The van der Waals surface area contributed by atoms with Gasteiger partial charge in [0.1, 0.15) is 0 Å². The first-order valence-electron chi connectivity index (χ1n) is 13.5. The summed E-state index contributed by atoms with van der Waals surface area (Å²) in [6, 6.07) is 13.2. The molecule has 228 valence electrons. The minimum atomic E-state index is -5.30. The molecule has 2 aromatic carbocycles. The third-order valence-electron chi connectivity index (χ3n) is 7.86. The highest BCUT2D eigenvalue weighted by atomic mass is 19.4. The van der Waals surface area contributed by atoms with Crippen molar-refractivity contribution >= 4 is 39.5 Å². The number of hydrogen-bond donors (Lipinski definition) is 1. The zero-order chi connectivity index (χ0) is 31.3. The molecule has 1 aliphatic heterocycles. The van der Waals surface area contributed by atoms with Crippen molar-refractivity contribution in [3.8, 4) is 11.5 Å². The second-order valence-corrected chi connectivity index (χ2v) is 10.5. The van der Waals surface area contributed by atoms with E-state index >= 15 is 0 Å². The van der Waals surface area contributed by atoms with E-state index in [9.17, 15) is 40.7 Å². The number of nitrogens with zero attached hydrogens (tertiary/aromatic N) is 4. The van der Waals surface area contributed by atoms with Gasteiger partial charge in [0.15, 0.2) is 5.82 Å². The van der Waals surface area contributed by atoms with Gasteiger partial charge in [-0.05, 0) is 49.6 Å². The minimum absolute atomic E-state index is 0.116. The number of hydrogen-bond acceptors (Lipinski definition) is 4. The van der Waals surface area contributed by atoms with Gasteiger partial charge >= 0.3 is 18.3 Å². The fourth-order valence-electron chi connectivity index (χ4n) is 5.68. The molecule has 5 rings (SSSR count). The van der Waals surface area contributed by atoms with Gasteiger partial charge in [0.25, 0.3) is 5.91 Å². The summed E-state index contributed by atoms with van der Waals surface area (Å²) in [6.07, 6.45) is -11.8. The van der Waals surface area contributed by atoms with Crippen molar-refractivity contribution in [1.29, 1.82) is 0 Å². The first-order valence-corrected chi connectivity index (χ1v) is 13.5. The maximum absolute atomic E-state index is 13.4. The molecule has 8 nitrogen and oxygen atoms in total. The van der Waals surface area contributed by atoms with Gasteiger partial charge in [-0.15, -0.1) is 0 Å². The number of piperidine rings is 1. The Hall–Kier alpha value is -4.36. The maximum atomic E-state index is 13.4. The SMILES string of the molecule is CCn1c(-c2nc3cc(C(=O)N4CC[C@@H](CC(=O)C(F)(F)F)[C@@H](NC(=O)C(F)(F)F)C4)ccc3n2C)cc2ccccc21. The van der Waals surface area contributed by atoms with E-state index < -0.39 is 54.9 Å². The second-order valence-electron chi connectivity index (χ2n) is 10.5. The normalized spacial score (nSPS) is 17.9. The fourth-order valence-corrected chi connectivity index (χ4v) is 5.68. The van der Waals surface area contributed by atoms with Gasteiger partial charge in [-0.3, -0.25) is 14.4 Å². The number of imidazole rings is 1. The Bertz CT molecular complexity index is 1720. The Morgan fingerprint density at radius 2 is 1.70 bits per heavy atom. The molecule has 2 atom stereocenters. The van der Waals surface area contributed by atoms with Crippen LogP contribution in [0, 0.1) is 5.92 Å². The Balaban J connectivity index is 1.42. The van der Waals surface area contributed by atoms with Crippen molar-refractivity contribution < 1.29 is 40.7 Å². The lowest BCUT2D eigenvalue weighted by molar-refractivity contribution is -0.176. The number of rotatable bonds is 6. The number of para-hydroxylation sites is 1. The Kier molecular flexibility index (Phi) is 7.73. The molecule has 1 saturated heterocycles. The standard InChI is InChI=1S/C29H27F6N5O3/c1-3-40-21-7-5-4-6-17(21)13-23(40)25-36-19-12-18(8-9-22(19)38(25)2)26(42)39-11-10-16(14-24(41)28(30,31)32)20(15-39)37-27(43)29(33,34)35/h4-9,12-13,16,20H,3,10-11,14-15H2,1-2H3,(H,37,43)/t16-,20-/m0/s1. The van der Waals surface area contributed by atoms with Crippen molar-refractivity contribution in [2.45, 2.75) is 44.7 Å². The lowest BCUT2D eigenvalue weighted by Gasteiger charge is -2.39. The van der Waals surface area contributed by atoms with Crippen LogP contribution in [0.25, 0.3) is 33.5 Å². The van der Waals surface area contributed by atoms with Crippen LogP contribution in [0.1, 0.15) is 30.1 Å². The van der Waals surface area contributed by atoms with Crippen molar-refractivity contribution in [2.24, 2.45) is 13.0 Å². The van der Waals surface area contributed by atoms with Crippen molar-refractivity contribution in [3.05, 3.63) is 54.1 Å². The van der Waals surface area contributed by atoms with E-state index in [1.807, 2.05) is 48.9 Å². The number of Topliss-reactive ketones (excluding diaryl/α,β-unsaturated/α-hetero) is 1. The van der Waals surface area contributed by atoms with Crippen LogP contribution in [-0.4, -0.2) is 68.1 Å². The van der Waals surface area contributed by atoms with Gasteiger partial charge in [-0.25, -0.2) is 4.98 Å². The fraction of sp³-hybridized carbons (Fsp3) is 0.379. The summed E-state index contributed by atoms with van der Waals surface area (Å²) in [7, 11) is 1.84. The lowest BCUT2D eigenvalue weighted by Crippen LogP contribution is -2.56. The van der Waals surface area contributed by atoms with E-state index in [0.29, 0.717) is 17.9 Å². The number of alkyl halides is 6. The van der Waals surface area contributed by atoms with Gasteiger partial charge in [0.2, 0.25) is 5.78 Å². The first-order chi connectivity index (χ1) is 20.2. The molecule has 0 bridgehead atoms. The Morgan fingerprint density at radius 3 is 2.37 bits per heavy atom. The number of halogens is 6. The Labute approximate surface area is 241 Å². The summed E-state index contributed by atoms with van der Waals surface area (Å²) in [5.74, 6) is -5.65. The molecular formula is C29H27F6N5O3. The van der Waals surface area contributed by atoms with E-state index in [1.165, 1.54) is 6.07 Å². The van der Waals surface area contributed by atoms with Gasteiger partial charge in [0.05, 0.1) is 22.8 Å². The van der Waals surface area contributed by atoms with Crippen LogP contribution in [0.5, 0.6) is 0 Å². The number of benzene rings is 2. The number of amides is 2. The topological polar surface area (TPSA) is 89.2 Å². The summed E-state index contributed by atoms with van der Waals surface area (Å²) in [6.45, 7) is 2.09. The summed E-state index contributed by atoms with van der Waals surface area (Å²) < 4.78 is 81.5. The predicted octanol–water partition coefficient (Wildman–Crippen LogP) is 5.25. The lowest BCUT2D eigenvalue weighted by atomic mass is 9.86. The smallest absolute Gasteiger partial charge is 0.343 e. The van der Waals surface area contributed by atoms with Crippen molar-refractivity contribution in [1.82, 2.24) is 24.3 Å². The van der Waals surface area contributed by atoms with E-state index in [-0.39, 0.29) is 18.5 Å². The summed E-state index contributed by atoms with van der Waals surface area (Å²) in [5, 5.41) is 2.72. The molecule has 2 amide bonds. The molecule has 14 heteroatoms. The van der Waals surface area contributed by atoms with E-state index in [0.717, 1.165) is 27.0 Å². The number of likely N-dealkylation sites (tertiary alicyclic amines) is 1. The largest absolute Gasteiger partial charge is 0.471 e. The predicted molar refractivity (Wildman–Crippen MR) is 145 cm³/mol. The van der Waals surface area contributed by atoms with Crippen LogP contribution in [-0.2, 0) is 23.2 Å². The van der Waals surface area contributed by atoms with Gasteiger partial charge < -0.3 is 19.4 Å². The highest BCUT2D eigenvalue weighted by Gasteiger charge is 2.45. The molecule has 0 unspecified atom stereocenters. The highest BCUT2D eigenvalue weighted by Crippen LogP contribution is 2.32. The molecule has 1 fully saturated rings.